The molecule has 1 fully saturated rings. The molecule has 2 aromatic heterocycles. The molecule has 9 nitrogen and oxygen atoms in total. The Labute approximate surface area is 145 Å². The van der Waals surface area contributed by atoms with Crippen molar-refractivity contribution in [3.63, 3.8) is 0 Å². The number of pyridine rings is 1. The summed E-state index contributed by atoms with van der Waals surface area (Å²) in [5.41, 5.74) is 0.455. The number of nitrogens with one attached hydrogen (secondary N) is 2. The molecular formula is C16H20N6O3. The maximum atomic E-state index is 11.3. The minimum absolute atomic E-state index is 0.130. The Balaban J connectivity index is 1.85. The topological polar surface area (TPSA) is 115 Å². The van der Waals surface area contributed by atoms with Crippen LogP contribution in [-0.4, -0.2) is 33.0 Å². The zero-order chi connectivity index (χ0) is 17.6. The van der Waals surface area contributed by atoms with Gasteiger partial charge in [-0.25, -0.2) is 9.97 Å². The molecule has 0 aromatic carbocycles. The van der Waals surface area contributed by atoms with Gasteiger partial charge in [-0.05, 0) is 25.0 Å². The summed E-state index contributed by atoms with van der Waals surface area (Å²) in [6.07, 6.45) is 8.24. The van der Waals surface area contributed by atoms with Crippen LogP contribution in [0, 0.1) is 10.1 Å². The van der Waals surface area contributed by atoms with Crippen molar-refractivity contribution in [3.8, 4) is 5.88 Å². The molecule has 1 aliphatic rings. The lowest BCUT2D eigenvalue weighted by Crippen LogP contribution is -2.23. The number of nitro groups is 1. The SMILES string of the molecule is COc1ncccc1Nc1ncc([N+](=O)[O-])c(NC2CCCCC2)n1. The standard InChI is InChI=1S/C16H20N6O3/c1-25-15-12(8-5-9-17-15)20-16-18-10-13(22(23)24)14(21-16)19-11-6-3-2-4-7-11/h5,8-11H,2-4,6-7H2,1H3,(H2,18,19,20,21). The van der Waals surface area contributed by atoms with Crippen LogP contribution in [-0.2, 0) is 0 Å². The van der Waals surface area contributed by atoms with Crippen LogP contribution < -0.4 is 15.4 Å². The number of nitrogens with zero attached hydrogens (tertiary/aromatic N) is 4. The maximum absolute atomic E-state index is 11.3. The van der Waals surface area contributed by atoms with E-state index in [1.807, 2.05) is 0 Å². The van der Waals surface area contributed by atoms with E-state index in [9.17, 15) is 10.1 Å². The summed E-state index contributed by atoms with van der Waals surface area (Å²) >= 11 is 0. The minimum Gasteiger partial charge on any atom is -0.480 e. The highest BCUT2D eigenvalue weighted by Crippen LogP contribution is 2.29. The number of hydrogen-bond donors (Lipinski definition) is 2. The molecule has 2 heterocycles. The fourth-order valence-corrected chi connectivity index (χ4v) is 2.88. The van der Waals surface area contributed by atoms with Crippen molar-refractivity contribution in [3.05, 3.63) is 34.6 Å². The van der Waals surface area contributed by atoms with Crippen molar-refractivity contribution >= 4 is 23.1 Å². The second-order valence-corrected chi connectivity index (χ2v) is 5.85. The van der Waals surface area contributed by atoms with Gasteiger partial charge >= 0.3 is 5.69 Å². The molecular weight excluding hydrogens is 324 g/mol. The second-order valence-electron chi connectivity index (χ2n) is 5.85. The lowest BCUT2D eigenvalue weighted by atomic mass is 9.95. The van der Waals surface area contributed by atoms with E-state index >= 15 is 0 Å². The van der Waals surface area contributed by atoms with E-state index in [0.717, 1.165) is 25.7 Å². The van der Waals surface area contributed by atoms with Gasteiger partial charge in [0.1, 0.15) is 11.9 Å². The fourth-order valence-electron chi connectivity index (χ4n) is 2.88. The molecule has 1 aliphatic carbocycles. The quantitative estimate of drug-likeness (QED) is 0.606. The molecule has 132 valence electrons. The summed E-state index contributed by atoms with van der Waals surface area (Å²) in [4.78, 5) is 23.2. The number of anilines is 3. The Morgan fingerprint density at radius 1 is 1.28 bits per heavy atom. The van der Waals surface area contributed by atoms with Crippen LogP contribution in [0.2, 0.25) is 0 Å². The van der Waals surface area contributed by atoms with Crippen molar-refractivity contribution in [2.24, 2.45) is 0 Å². The summed E-state index contributed by atoms with van der Waals surface area (Å²) in [7, 11) is 1.51. The Hall–Kier alpha value is -2.97. The second kappa shape index (κ2) is 7.73. The van der Waals surface area contributed by atoms with Gasteiger partial charge in [0, 0.05) is 12.2 Å². The molecule has 2 aromatic rings. The van der Waals surface area contributed by atoms with Crippen molar-refractivity contribution in [1.29, 1.82) is 0 Å². The highest BCUT2D eigenvalue weighted by Gasteiger charge is 2.22. The van der Waals surface area contributed by atoms with Crippen molar-refractivity contribution < 1.29 is 9.66 Å². The third-order valence-electron chi connectivity index (χ3n) is 4.12. The molecule has 0 aliphatic heterocycles. The van der Waals surface area contributed by atoms with Crippen LogP contribution in [0.3, 0.4) is 0 Å². The molecule has 25 heavy (non-hydrogen) atoms. The van der Waals surface area contributed by atoms with Gasteiger partial charge in [0.2, 0.25) is 17.6 Å². The average molecular weight is 344 g/mol. The lowest BCUT2D eigenvalue weighted by molar-refractivity contribution is -0.384. The van der Waals surface area contributed by atoms with Gasteiger partial charge < -0.3 is 15.4 Å². The van der Waals surface area contributed by atoms with Gasteiger partial charge in [0.15, 0.2) is 0 Å². The fraction of sp³-hybridized carbons (Fsp3) is 0.438. The predicted molar refractivity (Wildman–Crippen MR) is 93.3 cm³/mol. The van der Waals surface area contributed by atoms with E-state index in [-0.39, 0.29) is 23.5 Å². The number of ether oxygens (including phenoxy) is 1. The van der Waals surface area contributed by atoms with Gasteiger partial charge in [-0.15, -0.1) is 0 Å². The molecule has 0 saturated heterocycles. The zero-order valence-corrected chi connectivity index (χ0v) is 13.9. The van der Waals surface area contributed by atoms with E-state index in [2.05, 4.69) is 25.6 Å². The minimum atomic E-state index is -0.473. The first-order chi connectivity index (χ1) is 12.2. The first-order valence-electron chi connectivity index (χ1n) is 8.21. The first kappa shape index (κ1) is 16.9. The summed E-state index contributed by atoms with van der Waals surface area (Å²) in [5, 5.41) is 17.5. The van der Waals surface area contributed by atoms with Crippen LogP contribution >= 0.6 is 0 Å². The number of aromatic nitrogens is 3. The van der Waals surface area contributed by atoms with Crippen LogP contribution in [0.1, 0.15) is 32.1 Å². The Morgan fingerprint density at radius 3 is 2.80 bits per heavy atom. The highest BCUT2D eigenvalue weighted by atomic mass is 16.6. The maximum Gasteiger partial charge on any atom is 0.329 e. The van der Waals surface area contributed by atoms with E-state index in [1.165, 1.54) is 19.7 Å². The molecule has 0 atom stereocenters. The van der Waals surface area contributed by atoms with Crippen molar-refractivity contribution in [2.45, 2.75) is 38.1 Å². The van der Waals surface area contributed by atoms with Crippen LogP contribution in [0.4, 0.5) is 23.1 Å². The summed E-state index contributed by atoms with van der Waals surface area (Å²) in [6.45, 7) is 0. The Morgan fingerprint density at radius 2 is 2.08 bits per heavy atom. The van der Waals surface area contributed by atoms with E-state index in [4.69, 9.17) is 4.74 Å². The average Bonchev–Trinajstić information content (AvgIpc) is 2.63. The molecule has 0 radical (unpaired) electrons. The predicted octanol–water partition coefficient (Wildman–Crippen LogP) is 3.28. The smallest absolute Gasteiger partial charge is 0.329 e. The highest BCUT2D eigenvalue weighted by molar-refractivity contribution is 5.63. The van der Waals surface area contributed by atoms with Gasteiger partial charge in [0.05, 0.1) is 12.0 Å². The zero-order valence-electron chi connectivity index (χ0n) is 13.9. The largest absolute Gasteiger partial charge is 0.480 e. The van der Waals surface area contributed by atoms with Crippen LogP contribution in [0.15, 0.2) is 24.5 Å². The van der Waals surface area contributed by atoms with E-state index < -0.39 is 4.92 Å². The molecule has 0 bridgehead atoms. The van der Waals surface area contributed by atoms with Crippen molar-refractivity contribution in [1.82, 2.24) is 15.0 Å². The molecule has 9 heteroatoms. The molecule has 0 spiro atoms. The monoisotopic (exact) mass is 344 g/mol. The van der Waals surface area contributed by atoms with Gasteiger partial charge in [-0.3, -0.25) is 10.1 Å². The molecule has 0 unspecified atom stereocenters. The van der Waals surface area contributed by atoms with Crippen LogP contribution in [0.5, 0.6) is 5.88 Å². The third kappa shape index (κ3) is 4.11. The van der Waals surface area contributed by atoms with Crippen LogP contribution in [0.25, 0.3) is 0 Å². The number of hydrogen-bond acceptors (Lipinski definition) is 8. The Bertz CT molecular complexity index is 748. The number of rotatable bonds is 6. The summed E-state index contributed by atoms with van der Waals surface area (Å²) < 4.78 is 5.18. The Kier molecular flexibility index (Phi) is 5.22. The normalized spacial score (nSPS) is 14.8. The van der Waals surface area contributed by atoms with E-state index in [1.54, 1.807) is 18.3 Å². The molecule has 0 amide bonds. The summed E-state index contributed by atoms with van der Waals surface area (Å²) in [5.74, 6) is 0.874. The molecule has 3 rings (SSSR count). The third-order valence-corrected chi connectivity index (χ3v) is 4.12. The lowest BCUT2D eigenvalue weighted by Gasteiger charge is -2.23. The van der Waals surface area contributed by atoms with Gasteiger partial charge in [-0.2, -0.15) is 4.98 Å². The molecule has 1 saturated carbocycles. The number of methoxy groups -OCH3 is 1. The molecule has 2 N–H and O–H groups in total. The van der Waals surface area contributed by atoms with Crippen molar-refractivity contribution in [2.75, 3.05) is 17.7 Å². The van der Waals surface area contributed by atoms with Gasteiger partial charge in [-0.1, -0.05) is 19.3 Å². The summed E-state index contributed by atoms with van der Waals surface area (Å²) in [6, 6.07) is 3.71. The van der Waals surface area contributed by atoms with Gasteiger partial charge in [0.25, 0.3) is 0 Å². The van der Waals surface area contributed by atoms with E-state index in [0.29, 0.717) is 11.6 Å². The first-order valence-corrected chi connectivity index (χ1v) is 8.21.